The number of benzene rings is 1. The topological polar surface area (TPSA) is 40.1 Å². The Balaban J connectivity index is 1.79. The molecule has 0 amide bonds. The van der Waals surface area contributed by atoms with Crippen LogP contribution in [-0.2, 0) is 0 Å². The molecular weight excluding hydrogens is 388 g/mol. The Kier molecular flexibility index (Phi) is 8.55. The van der Waals surface area contributed by atoms with Crippen molar-refractivity contribution in [1.82, 2.24) is 15.1 Å². The number of hydrogen-bond acceptors (Lipinski definition) is 3. The number of nitrogens with one attached hydrogen (secondary N) is 1. The summed E-state index contributed by atoms with van der Waals surface area (Å²) >= 11 is 0. The van der Waals surface area contributed by atoms with Gasteiger partial charge in [0.05, 0.1) is 13.1 Å². The quantitative estimate of drug-likeness (QED) is 0.399. The van der Waals surface area contributed by atoms with Gasteiger partial charge in [-0.1, -0.05) is 6.92 Å². The summed E-state index contributed by atoms with van der Waals surface area (Å²) < 4.78 is 56.7. The Labute approximate surface area is 169 Å². The third kappa shape index (κ3) is 8.08. The Morgan fingerprint density at radius 3 is 2.62 bits per heavy atom. The van der Waals surface area contributed by atoms with Crippen LogP contribution in [0.5, 0.6) is 5.75 Å². The number of likely N-dealkylation sites (tertiary alicyclic amines) is 1. The Hall–Kier alpha value is -2.03. The van der Waals surface area contributed by atoms with Gasteiger partial charge in [0.1, 0.15) is 17.7 Å². The van der Waals surface area contributed by atoms with Gasteiger partial charge in [-0.2, -0.15) is 13.2 Å². The molecular formula is C20H30F4N4O. The zero-order valence-electron chi connectivity index (χ0n) is 17.2. The molecule has 0 bridgehead atoms. The highest BCUT2D eigenvalue weighted by Crippen LogP contribution is 2.21. The molecule has 1 aliphatic heterocycles. The Morgan fingerprint density at radius 2 is 2.03 bits per heavy atom. The second-order valence-corrected chi connectivity index (χ2v) is 7.35. The zero-order chi connectivity index (χ0) is 21.4. The van der Waals surface area contributed by atoms with Gasteiger partial charge in [-0.05, 0) is 50.1 Å². The molecule has 1 saturated heterocycles. The molecule has 0 aliphatic carbocycles. The maximum Gasteiger partial charge on any atom is 0.401 e. The van der Waals surface area contributed by atoms with E-state index in [4.69, 9.17) is 4.74 Å². The van der Waals surface area contributed by atoms with E-state index in [0.29, 0.717) is 37.9 Å². The zero-order valence-corrected chi connectivity index (χ0v) is 17.2. The third-order valence-electron chi connectivity index (χ3n) is 4.86. The molecule has 1 fully saturated rings. The van der Waals surface area contributed by atoms with Crippen LogP contribution < -0.4 is 10.1 Å². The van der Waals surface area contributed by atoms with Crippen LogP contribution in [0.25, 0.3) is 0 Å². The standard InChI is InChI=1S/C20H30F4N4O/c1-4-27(14-20(22,23)24)12-16-9-10-28(13-16)19(25-3)26-11-15(2)29-18-7-5-17(21)6-8-18/h5-8,15-16H,4,9-14H2,1-3H3,(H,25,26). The van der Waals surface area contributed by atoms with Gasteiger partial charge in [-0.25, -0.2) is 4.39 Å². The molecule has 164 valence electrons. The van der Waals surface area contributed by atoms with E-state index >= 15 is 0 Å². The highest BCUT2D eigenvalue weighted by molar-refractivity contribution is 5.80. The maximum absolute atomic E-state index is 13.0. The van der Waals surface area contributed by atoms with Crippen molar-refractivity contribution in [3.63, 3.8) is 0 Å². The number of hydrogen-bond donors (Lipinski definition) is 1. The van der Waals surface area contributed by atoms with Crippen molar-refractivity contribution in [2.75, 3.05) is 46.3 Å². The fraction of sp³-hybridized carbons (Fsp3) is 0.650. The first-order chi connectivity index (χ1) is 13.7. The predicted molar refractivity (Wildman–Crippen MR) is 106 cm³/mol. The van der Waals surface area contributed by atoms with Crippen LogP contribution in [0.2, 0.25) is 0 Å². The molecule has 1 aliphatic rings. The van der Waals surface area contributed by atoms with Crippen LogP contribution >= 0.6 is 0 Å². The highest BCUT2D eigenvalue weighted by atomic mass is 19.4. The fourth-order valence-corrected chi connectivity index (χ4v) is 3.45. The van der Waals surface area contributed by atoms with E-state index < -0.39 is 12.7 Å². The molecule has 1 N–H and O–H groups in total. The summed E-state index contributed by atoms with van der Waals surface area (Å²) in [6.45, 7) is 5.50. The van der Waals surface area contributed by atoms with Crippen molar-refractivity contribution in [3.8, 4) is 5.75 Å². The lowest BCUT2D eigenvalue weighted by molar-refractivity contribution is -0.146. The summed E-state index contributed by atoms with van der Waals surface area (Å²) in [5.41, 5.74) is 0. The van der Waals surface area contributed by atoms with E-state index in [-0.39, 0.29) is 17.8 Å². The van der Waals surface area contributed by atoms with Gasteiger partial charge >= 0.3 is 6.18 Å². The van der Waals surface area contributed by atoms with Gasteiger partial charge in [0.15, 0.2) is 5.96 Å². The summed E-state index contributed by atoms with van der Waals surface area (Å²) in [5, 5.41) is 3.25. The van der Waals surface area contributed by atoms with Crippen LogP contribution in [0.4, 0.5) is 17.6 Å². The van der Waals surface area contributed by atoms with Crippen LogP contribution in [0.3, 0.4) is 0 Å². The van der Waals surface area contributed by atoms with Gasteiger partial charge < -0.3 is 15.0 Å². The molecule has 0 radical (unpaired) electrons. The summed E-state index contributed by atoms with van der Waals surface area (Å²) in [5.74, 6) is 1.15. The number of halogens is 4. The monoisotopic (exact) mass is 418 g/mol. The molecule has 1 aromatic rings. The lowest BCUT2D eigenvalue weighted by atomic mass is 10.1. The number of nitrogens with zero attached hydrogens (tertiary/aromatic N) is 3. The molecule has 2 rings (SSSR count). The van der Waals surface area contributed by atoms with Crippen molar-refractivity contribution in [1.29, 1.82) is 0 Å². The van der Waals surface area contributed by atoms with Gasteiger partial charge in [0.25, 0.3) is 0 Å². The molecule has 9 heteroatoms. The van der Waals surface area contributed by atoms with Gasteiger partial charge in [-0.3, -0.25) is 9.89 Å². The highest BCUT2D eigenvalue weighted by Gasteiger charge is 2.33. The van der Waals surface area contributed by atoms with E-state index in [1.54, 1.807) is 26.1 Å². The maximum atomic E-state index is 13.0. The van der Waals surface area contributed by atoms with Crippen LogP contribution in [-0.4, -0.2) is 74.4 Å². The Morgan fingerprint density at radius 1 is 1.34 bits per heavy atom. The van der Waals surface area contributed by atoms with E-state index in [1.165, 1.54) is 17.0 Å². The fourth-order valence-electron chi connectivity index (χ4n) is 3.45. The van der Waals surface area contributed by atoms with Gasteiger partial charge in [0, 0.05) is 26.7 Å². The molecule has 1 heterocycles. The number of guanidine groups is 1. The van der Waals surface area contributed by atoms with Crippen molar-refractivity contribution in [2.45, 2.75) is 32.5 Å². The first-order valence-electron chi connectivity index (χ1n) is 9.87. The van der Waals surface area contributed by atoms with Crippen molar-refractivity contribution in [3.05, 3.63) is 30.1 Å². The SMILES string of the molecule is CCN(CC1CCN(C(=NC)NCC(C)Oc2ccc(F)cc2)C1)CC(F)(F)F. The number of ether oxygens (including phenoxy) is 1. The summed E-state index contributed by atoms with van der Waals surface area (Å²) in [6.07, 6.45) is -3.51. The second-order valence-electron chi connectivity index (χ2n) is 7.35. The molecule has 0 saturated carbocycles. The molecule has 29 heavy (non-hydrogen) atoms. The first-order valence-corrected chi connectivity index (χ1v) is 9.87. The molecule has 5 nitrogen and oxygen atoms in total. The number of alkyl halides is 3. The minimum absolute atomic E-state index is 0.169. The smallest absolute Gasteiger partial charge is 0.401 e. The third-order valence-corrected chi connectivity index (χ3v) is 4.86. The molecule has 1 aromatic carbocycles. The first kappa shape index (κ1) is 23.3. The molecule has 2 atom stereocenters. The second kappa shape index (κ2) is 10.7. The van der Waals surface area contributed by atoms with E-state index in [9.17, 15) is 17.6 Å². The van der Waals surface area contributed by atoms with E-state index in [2.05, 4.69) is 15.2 Å². The van der Waals surface area contributed by atoms with Crippen LogP contribution in [0.15, 0.2) is 29.3 Å². The molecule has 0 aromatic heterocycles. The van der Waals surface area contributed by atoms with Crippen LogP contribution in [0, 0.1) is 11.7 Å². The van der Waals surface area contributed by atoms with Crippen molar-refractivity contribution in [2.24, 2.45) is 10.9 Å². The van der Waals surface area contributed by atoms with Gasteiger partial charge in [0.2, 0.25) is 0 Å². The van der Waals surface area contributed by atoms with Crippen LogP contribution in [0.1, 0.15) is 20.3 Å². The lowest BCUT2D eigenvalue weighted by Crippen LogP contribution is -2.44. The van der Waals surface area contributed by atoms with E-state index in [0.717, 1.165) is 13.0 Å². The average Bonchev–Trinajstić information content (AvgIpc) is 3.11. The predicted octanol–water partition coefficient (Wildman–Crippen LogP) is 3.37. The summed E-state index contributed by atoms with van der Waals surface area (Å²) in [6, 6.07) is 5.84. The normalized spacial score (nSPS) is 19.0. The van der Waals surface area contributed by atoms with E-state index in [1.807, 2.05) is 6.92 Å². The van der Waals surface area contributed by atoms with Crippen molar-refractivity contribution >= 4 is 5.96 Å². The number of rotatable bonds is 8. The molecule has 2 unspecified atom stereocenters. The lowest BCUT2D eigenvalue weighted by Gasteiger charge is -2.26. The van der Waals surface area contributed by atoms with Crippen molar-refractivity contribution < 1.29 is 22.3 Å². The molecule has 0 spiro atoms. The summed E-state index contributed by atoms with van der Waals surface area (Å²) in [7, 11) is 1.68. The minimum Gasteiger partial charge on any atom is -0.489 e. The largest absolute Gasteiger partial charge is 0.489 e. The Bertz CT molecular complexity index is 651. The average molecular weight is 418 g/mol. The summed E-state index contributed by atoms with van der Waals surface area (Å²) in [4.78, 5) is 7.80. The van der Waals surface area contributed by atoms with Gasteiger partial charge in [-0.15, -0.1) is 0 Å². The number of aliphatic imine (C=N–C) groups is 1. The minimum atomic E-state index is -4.17.